The van der Waals surface area contributed by atoms with Gasteiger partial charge in [0.2, 0.25) is 0 Å². The Bertz CT molecular complexity index is 517. The van der Waals surface area contributed by atoms with Gasteiger partial charge in [-0.25, -0.2) is 14.6 Å². The van der Waals surface area contributed by atoms with Crippen LogP contribution in [0.1, 0.15) is 17.5 Å². The zero-order chi connectivity index (χ0) is 14.9. The maximum absolute atomic E-state index is 12.0. The zero-order valence-electron chi connectivity index (χ0n) is 11.6. The number of nitrogens with one attached hydrogen (secondary N) is 1. The van der Waals surface area contributed by atoms with E-state index in [1.54, 1.807) is 11.8 Å². The normalized spacial score (nSPS) is 16.6. The molecule has 2 amide bonds. The average molecular weight is 299 g/mol. The minimum Gasteiger partial charge on any atom is -0.480 e. The summed E-state index contributed by atoms with van der Waals surface area (Å²) < 4.78 is 5.25. The van der Waals surface area contributed by atoms with Crippen LogP contribution in [0.4, 0.5) is 9.93 Å². The van der Waals surface area contributed by atoms with Gasteiger partial charge in [-0.05, 0) is 20.8 Å². The number of thiazole rings is 1. The molecular formula is C12H17N3O4S. The van der Waals surface area contributed by atoms with Crippen LogP contribution < -0.4 is 5.32 Å². The lowest BCUT2D eigenvalue weighted by Gasteiger charge is -2.46. The van der Waals surface area contributed by atoms with E-state index in [0.29, 0.717) is 18.2 Å². The highest BCUT2D eigenvalue weighted by Crippen LogP contribution is 2.26. The van der Waals surface area contributed by atoms with Gasteiger partial charge in [-0.2, -0.15) is 0 Å². The number of aliphatic carboxylic acids is 1. The maximum atomic E-state index is 12.0. The molecule has 20 heavy (non-hydrogen) atoms. The highest BCUT2D eigenvalue weighted by molar-refractivity contribution is 7.15. The van der Waals surface area contributed by atoms with Crippen LogP contribution in [0.25, 0.3) is 0 Å². The van der Waals surface area contributed by atoms with E-state index in [1.165, 1.54) is 11.3 Å². The van der Waals surface area contributed by atoms with Crippen molar-refractivity contribution in [2.45, 2.75) is 26.4 Å². The SMILES string of the molecule is Cc1nc(NC(=O)N2CC(C)(OCC(=O)O)C2)sc1C. The molecule has 0 radical (unpaired) electrons. The lowest BCUT2D eigenvalue weighted by Crippen LogP contribution is -2.64. The number of hydrogen-bond acceptors (Lipinski definition) is 5. The van der Waals surface area contributed by atoms with Crippen molar-refractivity contribution >= 4 is 28.5 Å². The molecular weight excluding hydrogens is 282 g/mol. The first-order valence-corrected chi connectivity index (χ1v) is 6.96. The number of aryl methyl sites for hydroxylation is 2. The van der Waals surface area contributed by atoms with E-state index < -0.39 is 11.6 Å². The van der Waals surface area contributed by atoms with Gasteiger partial charge in [0.15, 0.2) is 5.13 Å². The number of nitrogens with zero attached hydrogens (tertiary/aromatic N) is 2. The van der Waals surface area contributed by atoms with Crippen LogP contribution in [0.15, 0.2) is 0 Å². The Morgan fingerprint density at radius 3 is 2.65 bits per heavy atom. The Balaban J connectivity index is 1.83. The van der Waals surface area contributed by atoms with Crippen LogP contribution in [0.3, 0.4) is 0 Å². The molecule has 8 heteroatoms. The largest absolute Gasteiger partial charge is 0.480 e. The standard InChI is InChI=1S/C12H17N3O4S/c1-7-8(2)20-10(13-7)14-11(18)15-5-12(3,6-15)19-4-9(16)17/h4-6H2,1-3H3,(H,16,17)(H,13,14,18). The summed E-state index contributed by atoms with van der Waals surface area (Å²) in [6.07, 6.45) is 0. The summed E-state index contributed by atoms with van der Waals surface area (Å²) >= 11 is 1.43. The number of rotatable bonds is 4. The van der Waals surface area contributed by atoms with Crippen LogP contribution in [0, 0.1) is 13.8 Å². The highest BCUT2D eigenvalue weighted by atomic mass is 32.1. The van der Waals surface area contributed by atoms with Crippen molar-refractivity contribution in [3.8, 4) is 0 Å². The predicted octanol–water partition coefficient (Wildman–Crippen LogP) is 1.47. The van der Waals surface area contributed by atoms with E-state index in [4.69, 9.17) is 9.84 Å². The molecule has 1 aliphatic rings. The summed E-state index contributed by atoms with van der Waals surface area (Å²) in [6, 6.07) is -0.241. The minimum absolute atomic E-state index is 0.241. The molecule has 0 bridgehead atoms. The molecule has 1 saturated heterocycles. The average Bonchev–Trinajstić information content (AvgIpc) is 2.62. The van der Waals surface area contributed by atoms with Gasteiger partial charge in [-0.1, -0.05) is 0 Å². The summed E-state index contributed by atoms with van der Waals surface area (Å²) in [5, 5.41) is 11.9. The van der Waals surface area contributed by atoms with E-state index in [2.05, 4.69) is 10.3 Å². The molecule has 0 unspecified atom stereocenters. The lowest BCUT2D eigenvalue weighted by atomic mass is 9.97. The maximum Gasteiger partial charge on any atom is 0.329 e. The Kier molecular flexibility index (Phi) is 3.96. The first-order valence-electron chi connectivity index (χ1n) is 6.15. The van der Waals surface area contributed by atoms with Gasteiger partial charge in [-0.3, -0.25) is 5.32 Å². The van der Waals surface area contributed by atoms with Crippen molar-refractivity contribution in [2.75, 3.05) is 25.0 Å². The number of carbonyl (C=O) groups is 2. The fraction of sp³-hybridized carbons (Fsp3) is 0.583. The zero-order valence-corrected chi connectivity index (χ0v) is 12.4. The summed E-state index contributed by atoms with van der Waals surface area (Å²) in [5.74, 6) is -1.01. The molecule has 1 aromatic heterocycles. The van der Waals surface area contributed by atoms with Crippen molar-refractivity contribution < 1.29 is 19.4 Å². The number of hydrogen-bond donors (Lipinski definition) is 2. The van der Waals surface area contributed by atoms with Gasteiger partial charge < -0.3 is 14.7 Å². The number of aromatic nitrogens is 1. The number of amides is 2. The van der Waals surface area contributed by atoms with Crippen LogP contribution in [0.5, 0.6) is 0 Å². The fourth-order valence-electron chi connectivity index (χ4n) is 1.93. The second-order valence-electron chi connectivity index (χ2n) is 5.08. The van der Waals surface area contributed by atoms with E-state index >= 15 is 0 Å². The number of anilines is 1. The molecule has 1 fully saturated rings. The molecule has 0 aliphatic carbocycles. The summed E-state index contributed by atoms with van der Waals surface area (Å²) in [7, 11) is 0. The summed E-state index contributed by atoms with van der Waals surface area (Å²) in [6.45, 7) is 6.02. The molecule has 0 atom stereocenters. The van der Waals surface area contributed by atoms with Gasteiger partial charge in [-0.15, -0.1) is 11.3 Å². The third-order valence-electron chi connectivity index (χ3n) is 3.12. The molecule has 2 N–H and O–H groups in total. The quantitative estimate of drug-likeness (QED) is 0.878. The summed E-state index contributed by atoms with van der Waals surface area (Å²) in [5.41, 5.74) is 0.327. The Hall–Kier alpha value is -1.67. The van der Waals surface area contributed by atoms with Crippen molar-refractivity contribution in [1.29, 1.82) is 0 Å². The van der Waals surface area contributed by atoms with Crippen molar-refractivity contribution in [2.24, 2.45) is 0 Å². The second-order valence-corrected chi connectivity index (χ2v) is 6.28. The molecule has 0 aromatic carbocycles. The van der Waals surface area contributed by atoms with Crippen LogP contribution >= 0.6 is 11.3 Å². The van der Waals surface area contributed by atoms with Crippen molar-refractivity contribution in [1.82, 2.24) is 9.88 Å². The van der Waals surface area contributed by atoms with Crippen LogP contribution in [-0.4, -0.2) is 52.3 Å². The third kappa shape index (κ3) is 3.26. The molecule has 0 spiro atoms. The number of ether oxygens (including phenoxy) is 1. The minimum atomic E-state index is -1.01. The Morgan fingerprint density at radius 1 is 1.50 bits per heavy atom. The predicted molar refractivity (Wildman–Crippen MR) is 74.2 cm³/mol. The molecule has 1 aromatic rings. The number of likely N-dealkylation sites (tertiary alicyclic amines) is 1. The molecule has 7 nitrogen and oxygen atoms in total. The fourth-order valence-corrected chi connectivity index (χ4v) is 2.73. The van der Waals surface area contributed by atoms with E-state index in [1.807, 2.05) is 13.8 Å². The topological polar surface area (TPSA) is 91.8 Å². The van der Waals surface area contributed by atoms with Crippen LogP contribution in [-0.2, 0) is 9.53 Å². The monoisotopic (exact) mass is 299 g/mol. The summed E-state index contributed by atoms with van der Waals surface area (Å²) in [4.78, 5) is 29.3. The van der Waals surface area contributed by atoms with Gasteiger partial charge in [0.25, 0.3) is 0 Å². The Labute approximate surface area is 120 Å². The van der Waals surface area contributed by atoms with Gasteiger partial charge >= 0.3 is 12.0 Å². The molecule has 0 saturated carbocycles. The number of urea groups is 1. The molecule has 1 aliphatic heterocycles. The third-order valence-corrected chi connectivity index (χ3v) is 4.11. The van der Waals surface area contributed by atoms with Gasteiger partial charge in [0, 0.05) is 4.88 Å². The number of carbonyl (C=O) groups excluding carboxylic acids is 1. The second kappa shape index (κ2) is 5.37. The van der Waals surface area contributed by atoms with E-state index in [0.717, 1.165) is 10.6 Å². The molecule has 2 rings (SSSR count). The first kappa shape index (κ1) is 14.7. The van der Waals surface area contributed by atoms with Gasteiger partial charge in [0.05, 0.1) is 18.8 Å². The number of carboxylic acids is 1. The highest BCUT2D eigenvalue weighted by Gasteiger charge is 2.43. The van der Waals surface area contributed by atoms with Crippen molar-refractivity contribution in [3.05, 3.63) is 10.6 Å². The smallest absolute Gasteiger partial charge is 0.329 e. The first-order chi connectivity index (χ1) is 9.29. The lowest BCUT2D eigenvalue weighted by molar-refractivity contribution is -0.159. The number of carboxylic acid groups (broad SMARTS) is 1. The Morgan fingerprint density at radius 2 is 2.15 bits per heavy atom. The van der Waals surface area contributed by atoms with Crippen LogP contribution in [0.2, 0.25) is 0 Å². The van der Waals surface area contributed by atoms with E-state index in [9.17, 15) is 9.59 Å². The molecule has 2 heterocycles. The van der Waals surface area contributed by atoms with Gasteiger partial charge in [0.1, 0.15) is 12.2 Å². The van der Waals surface area contributed by atoms with E-state index in [-0.39, 0.29) is 12.6 Å². The van der Waals surface area contributed by atoms with Crippen molar-refractivity contribution in [3.63, 3.8) is 0 Å². The molecule has 110 valence electrons.